The number of carbonyl (C=O) groups excluding carboxylic acids is 2. The maximum absolute atomic E-state index is 14.1. The second-order valence-corrected chi connectivity index (χ2v) is 9.90. The average molecular weight is 561 g/mol. The Morgan fingerprint density at radius 2 is 2.02 bits per heavy atom. The van der Waals surface area contributed by atoms with Gasteiger partial charge in [-0.25, -0.2) is 9.37 Å². The molecule has 2 aromatic rings. The van der Waals surface area contributed by atoms with Gasteiger partial charge in [-0.15, -0.1) is 0 Å². The van der Waals surface area contributed by atoms with Gasteiger partial charge >= 0.3 is 0 Å². The zero-order valence-electron chi connectivity index (χ0n) is 23.8. The maximum atomic E-state index is 14.1. The van der Waals surface area contributed by atoms with Gasteiger partial charge in [0, 0.05) is 44.2 Å². The fourth-order valence-corrected chi connectivity index (χ4v) is 4.07. The molecule has 1 aliphatic rings. The molecule has 1 aromatic carbocycles. The lowest BCUT2D eigenvalue weighted by atomic mass is 10.2. The number of rotatable bonds is 12. The second-order valence-electron chi connectivity index (χ2n) is 9.90. The number of hydrogen-bond acceptors (Lipinski definition) is 8. The Bertz CT molecular complexity index is 1310. The molecule has 216 valence electrons. The van der Waals surface area contributed by atoms with Gasteiger partial charge in [-0.1, -0.05) is 24.8 Å². The number of nitrogens with one attached hydrogen (secondary N) is 3. The van der Waals surface area contributed by atoms with Gasteiger partial charge in [-0.2, -0.15) is 10.2 Å². The summed E-state index contributed by atoms with van der Waals surface area (Å²) >= 11 is 0. The number of nitriles is 1. The number of hydrogen-bond donors (Lipinski definition) is 3. The predicted octanol–water partition coefficient (Wildman–Crippen LogP) is 3.22. The van der Waals surface area contributed by atoms with Crippen LogP contribution in [0.25, 0.3) is 0 Å². The molecule has 41 heavy (non-hydrogen) atoms. The van der Waals surface area contributed by atoms with Crippen molar-refractivity contribution in [2.45, 2.75) is 44.8 Å². The maximum Gasteiger partial charge on any atom is 0.247 e. The molecule has 3 rings (SSSR count). The quantitative estimate of drug-likeness (QED) is 0.205. The minimum atomic E-state index is -1.22. The zero-order valence-corrected chi connectivity index (χ0v) is 23.8. The van der Waals surface area contributed by atoms with Crippen molar-refractivity contribution in [2.24, 2.45) is 0 Å². The van der Waals surface area contributed by atoms with Crippen LogP contribution in [-0.4, -0.2) is 84.1 Å². The summed E-state index contributed by atoms with van der Waals surface area (Å²) in [7, 11) is 3.76. The van der Waals surface area contributed by atoms with E-state index in [2.05, 4.69) is 50.8 Å². The summed E-state index contributed by atoms with van der Waals surface area (Å²) in [5.74, 6) is 6.52. The summed E-state index contributed by atoms with van der Waals surface area (Å²) in [4.78, 5) is 37.3. The third-order valence-electron chi connectivity index (χ3n) is 6.17. The van der Waals surface area contributed by atoms with Crippen LogP contribution in [0.5, 0.6) is 0 Å². The second kappa shape index (κ2) is 15.9. The summed E-state index contributed by atoms with van der Waals surface area (Å²) in [5.41, 5.74) is 1.99. The number of likely N-dealkylation sites (N-methyl/N-ethyl adjacent to an activating group) is 1. The van der Waals surface area contributed by atoms with Gasteiger partial charge in [-0.05, 0) is 51.2 Å². The van der Waals surface area contributed by atoms with Crippen LogP contribution in [0.1, 0.15) is 43.7 Å². The molecular formula is C30H37FN8O2. The molecule has 0 saturated carbocycles. The molecule has 2 heterocycles. The van der Waals surface area contributed by atoms with Crippen LogP contribution in [-0.2, 0) is 9.59 Å². The molecule has 0 spiro atoms. The number of nitrogens with zero attached hydrogens (tertiary/aromatic N) is 5. The van der Waals surface area contributed by atoms with E-state index in [1.165, 1.54) is 11.0 Å². The van der Waals surface area contributed by atoms with Gasteiger partial charge in [0.15, 0.2) is 0 Å². The van der Waals surface area contributed by atoms with Gasteiger partial charge in [0.05, 0.1) is 29.9 Å². The van der Waals surface area contributed by atoms with Gasteiger partial charge in [0.25, 0.3) is 0 Å². The molecule has 10 nitrogen and oxygen atoms in total. The number of anilines is 3. The molecular weight excluding hydrogens is 523 g/mol. The third-order valence-corrected chi connectivity index (χ3v) is 6.17. The summed E-state index contributed by atoms with van der Waals surface area (Å²) < 4.78 is 14.1. The zero-order chi connectivity index (χ0) is 29.6. The Kier molecular flexibility index (Phi) is 12.1. The average Bonchev–Trinajstić information content (AvgIpc) is 3.36. The number of alkyl halides is 1. The summed E-state index contributed by atoms with van der Waals surface area (Å²) in [6.07, 6.45) is 5.57. The van der Waals surface area contributed by atoms with E-state index >= 15 is 0 Å². The minimum absolute atomic E-state index is 0.00245. The predicted molar refractivity (Wildman–Crippen MR) is 157 cm³/mol. The van der Waals surface area contributed by atoms with Crippen LogP contribution in [0.2, 0.25) is 0 Å². The van der Waals surface area contributed by atoms with Crippen molar-refractivity contribution >= 4 is 29.3 Å². The van der Waals surface area contributed by atoms with Crippen LogP contribution in [0.4, 0.5) is 21.8 Å². The highest BCUT2D eigenvalue weighted by molar-refractivity contribution is 5.93. The fourth-order valence-electron chi connectivity index (χ4n) is 4.07. The minimum Gasteiger partial charge on any atom is -0.369 e. The molecule has 3 N–H and O–H groups in total. The number of amides is 2. The van der Waals surface area contributed by atoms with E-state index < -0.39 is 12.2 Å². The topological polar surface area (TPSA) is 126 Å². The van der Waals surface area contributed by atoms with Crippen LogP contribution in [0.3, 0.4) is 0 Å². The molecule has 2 amide bonds. The third kappa shape index (κ3) is 9.89. The van der Waals surface area contributed by atoms with E-state index in [4.69, 9.17) is 5.26 Å². The Morgan fingerprint density at radius 3 is 2.73 bits per heavy atom. The van der Waals surface area contributed by atoms with Gasteiger partial charge in [0.1, 0.15) is 18.0 Å². The SMILES string of the molecule is CCCNc1nc(Nc2ccc(C#N)cc2)ncc1C#CCCCNC(=O)[C@@H]1C[C@H](F)CN1C(=O)C=CCN(C)C. The van der Waals surface area contributed by atoms with E-state index in [-0.39, 0.29) is 24.8 Å². The highest BCUT2D eigenvalue weighted by Gasteiger charge is 2.38. The first-order valence-corrected chi connectivity index (χ1v) is 13.7. The van der Waals surface area contributed by atoms with E-state index in [1.807, 2.05) is 19.0 Å². The van der Waals surface area contributed by atoms with Crippen molar-refractivity contribution in [2.75, 3.05) is 50.9 Å². The Labute approximate surface area is 241 Å². The number of aromatic nitrogens is 2. The van der Waals surface area contributed by atoms with Crippen molar-refractivity contribution in [3.63, 3.8) is 0 Å². The molecule has 2 atom stereocenters. The summed E-state index contributed by atoms with van der Waals surface area (Å²) in [6, 6.07) is 8.28. The Balaban J connectivity index is 1.52. The molecule has 1 saturated heterocycles. The lowest BCUT2D eigenvalue weighted by Gasteiger charge is -2.22. The molecule has 1 aromatic heterocycles. The van der Waals surface area contributed by atoms with Crippen molar-refractivity contribution in [1.29, 1.82) is 5.26 Å². The number of likely N-dealkylation sites (tertiary alicyclic amines) is 1. The largest absolute Gasteiger partial charge is 0.369 e. The normalized spacial score (nSPS) is 16.2. The molecule has 0 aliphatic carbocycles. The molecule has 1 aliphatic heterocycles. The Morgan fingerprint density at radius 1 is 1.24 bits per heavy atom. The van der Waals surface area contributed by atoms with Crippen LogP contribution >= 0.6 is 0 Å². The molecule has 11 heteroatoms. The fraction of sp³-hybridized carbons (Fsp3) is 0.433. The number of carbonyl (C=O) groups is 2. The van der Waals surface area contributed by atoms with E-state index in [0.29, 0.717) is 48.8 Å². The van der Waals surface area contributed by atoms with Crippen molar-refractivity contribution in [3.05, 3.63) is 53.7 Å². The lowest BCUT2D eigenvalue weighted by Crippen LogP contribution is -2.45. The smallest absolute Gasteiger partial charge is 0.247 e. The highest BCUT2D eigenvalue weighted by atomic mass is 19.1. The number of halogens is 1. The molecule has 0 bridgehead atoms. The van der Waals surface area contributed by atoms with Crippen LogP contribution in [0.15, 0.2) is 42.6 Å². The summed E-state index contributed by atoms with van der Waals surface area (Å²) in [5, 5.41) is 18.2. The van der Waals surface area contributed by atoms with Gasteiger partial charge < -0.3 is 25.8 Å². The molecule has 1 fully saturated rings. The first kappa shape index (κ1) is 31.1. The van der Waals surface area contributed by atoms with E-state index in [9.17, 15) is 14.0 Å². The van der Waals surface area contributed by atoms with E-state index in [0.717, 1.165) is 18.7 Å². The highest BCUT2D eigenvalue weighted by Crippen LogP contribution is 2.21. The first-order chi connectivity index (χ1) is 19.8. The Hall–Kier alpha value is -4.48. The first-order valence-electron chi connectivity index (χ1n) is 13.7. The number of benzene rings is 1. The molecule has 0 unspecified atom stereocenters. The van der Waals surface area contributed by atoms with Crippen LogP contribution in [0, 0.1) is 23.2 Å². The van der Waals surface area contributed by atoms with Crippen LogP contribution < -0.4 is 16.0 Å². The van der Waals surface area contributed by atoms with Crippen molar-refractivity contribution in [3.8, 4) is 17.9 Å². The van der Waals surface area contributed by atoms with Gasteiger partial charge in [-0.3, -0.25) is 9.59 Å². The monoisotopic (exact) mass is 560 g/mol. The van der Waals surface area contributed by atoms with Crippen molar-refractivity contribution < 1.29 is 14.0 Å². The number of unbranched alkanes of at least 4 members (excludes halogenated alkanes) is 1. The summed E-state index contributed by atoms with van der Waals surface area (Å²) in [6.45, 7) is 3.65. The van der Waals surface area contributed by atoms with Gasteiger partial charge in [0.2, 0.25) is 17.8 Å². The molecule has 0 radical (unpaired) electrons. The van der Waals surface area contributed by atoms with E-state index in [1.54, 1.807) is 36.5 Å². The standard InChI is InChI=1S/C30H37FN8O2/c1-4-15-33-28-23(20-35-30(37-28)36-25-13-11-22(19-32)12-14-25)9-6-5-7-16-34-29(41)26-18-24(31)21-39(26)27(40)10-8-17-38(2)3/h8,10-14,20,24,26H,4-5,7,15-18,21H2,1-3H3,(H,34,41)(H2,33,35,36,37)/t24-,26-/m0/s1. The van der Waals surface area contributed by atoms with Crippen molar-refractivity contribution in [1.82, 2.24) is 25.1 Å². The lowest BCUT2D eigenvalue weighted by molar-refractivity contribution is -0.135.